The SMILES string of the molecule is COCCOC(=O)C1=C(C)N(C)C(=O)NC1c1c(Cl)cccc1Cl. The zero-order chi connectivity index (χ0) is 17.9. The molecule has 1 aromatic carbocycles. The fourth-order valence-corrected chi connectivity index (χ4v) is 3.01. The molecular formula is C16H18Cl2N2O4. The second kappa shape index (κ2) is 7.88. The first-order chi connectivity index (χ1) is 11.4. The number of benzene rings is 1. The van der Waals surface area contributed by atoms with E-state index in [1.165, 1.54) is 12.0 Å². The van der Waals surface area contributed by atoms with E-state index in [1.807, 2.05) is 0 Å². The van der Waals surface area contributed by atoms with Gasteiger partial charge in [0.15, 0.2) is 0 Å². The zero-order valence-electron chi connectivity index (χ0n) is 13.6. The zero-order valence-corrected chi connectivity index (χ0v) is 15.1. The monoisotopic (exact) mass is 372 g/mol. The van der Waals surface area contributed by atoms with E-state index in [2.05, 4.69) is 5.32 Å². The molecule has 1 N–H and O–H groups in total. The van der Waals surface area contributed by atoms with Gasteiger partial charge in [0.1, 0.15) is 6.61 Å². The van der Waals surface area contributed by atoms with Crippen LogP contribution in [0.25, 0.3) is 0 Å². The molecule has 130 valence electrons. The van der Waals surface area contributed by atoms with Crippen molar-refractivity contribution in [3.63, 3.8) is 0 Å². The summed E-state index contributed by atoms with van der Waals surface area (Å²) in [7, 11) is 3.08. The van der Waals surface area contributed by atoms with Crippen LogP contribution in [0.2, 0.25) is 10.0 Å². The average Bonchev–Trinajstić information content (AvgIpc) is 2.52. The van der Waals surface area contributed by atoms with E-state index in [-0.39, 0.29) is 24.8 Å². The summed E-state index contributed by atoms with van der Waals surface area (Å²) < 4.78 is 10.1. The molecule has 0 aliphatic carbocycles. The molecule has 1 heterocycles. The average molecular weight is 373 g/mol. The lowest BCUT2D eigenvalue weighted by Gasteiger charge is -2.33. The summed E-state index contributed by atoms with van der Waals surface area (Å²) in [6, 6.07) is 3.84. The largest absolute Gasteiger partial charge is 0.460 e. The van der Waals surface area contributed by atoms with Crippen molar-refractivity contribution >= 4 is 35.2 Å². The van der Waals surface area contributed by atoms with Crippen molar-refractivity contribution in [3.05, 3.63) is 45.1 Å². The third-order valence-electron chi connectivity index (χ3n) is 3.78. The molecule has 1 atom stereocenters. The number of carbonyl (C=O) groups excluding carboxylic acids is 2. The van der Waals surface area contributed by atoms with Crippen LogP contribution in [0.1, 0.15) is 18.5 Å². The molecule has 0 saturated heterocycles. The lowest BCUT2D eigenvalue weighted by Crippen LogP contribution is -2.46. The first-order valence-corrected chi connectivity index (χ1v) is 7.99. The van der Waals surface area contributed by atoms with Crippen LogP contribution in [0.5, 0.6) is 0 Å². The van der Waals surface area contributed by atoms with E-state index in [0.29, 0.717) is 21.3 Å². The summed E-state index contributed by atoms with van der Waals surface area (Å²) >= 11 is 12.5. The molecule has 24 heavy (non-hydrogen) atoms. The van der Waals surface area contributed by atoms with Gasteiger partial charge in [-0.25, -0.2) is 9.59 Å². The number of amides is 2. The summed E-state index contributed by atoms with van der Waals surface area (Å²) in [5.41, 5.74) is 1.21. The Labute approximate surface area is 150 Å². The van der Waals surface area contributed by atoms with Gasteiger partial charge in [0, 0.05) is 35.5 Å². The highest BCUT2D eigenvalue weighted by molar-refractivity contribution is 6.36. The van der Waals surface area contributed by atoms with E-state index in [9.17, 15) is 9.59 Å². The molecule has 2 rings (SSSR count). The normalized spacial score (nSPS) is 17.8. The number of ether oxygens (including phenoxy) is 2. The number of esters is 1. The Bertz CT molecular complexity index is 670. The van der Waals surface area contributed by atoms with E-state index < -0.39 is 12.0 Å². The summed E-state index contributed by atoms with van der Waals surface area (Å²) in [5, 5.41) is 3.45. The van der Waals surface area contributed by atoms with E-state index in [4.69, 9.17) is 32.7 Å². The van der Waals surface area contributed by atoms with Crippen LogP contribution in [0.15, 0.2) is 29.5 Å². The number of methoxy groups -OCH3 is 1. The van der Waals surface area contributed by atoms with Gasteiger partial charge in [-0.05, 0) is 19.1 Å². The Hall–Kier alpha value is -1.76. The maximum absolute atomic E-state index is 12.5. The second-order valence-corrected chi connectivity index (χ2v) is 6.02. The van der Waals surface area contributed by atoms with Crippen LogP contribution in [0.4, 0.5) is 4.79 Å². The molecule has 0 aromatic heterocycles. The maximum Gasteiger partial charge on any atom is 0.338 e. The van der Waals surface area contributed by atoms with Gasteiger partial charge in [-0.3, -0.25) is 0 Å². The molecule has 0 fully saturated rings. The highest BCUT2D eigenvalue weighted by Crippen LogP contribution is 2.38. The molecule has 1 aliphatic rings. The van der Waals surface area contributed by atoms with Crippen molar-refractivity contribution < 1.29 is 19.1 Å². The molecule has 6 nitrogen and oxygen atoms in total. The number of hydrogen-bond acceptors (Lipinski definition) is 4. The van der Waals surface area contributed by atoms with E-state index in [0.717, 1.165) is 0 Å². The molecule has 1 unspecified atom stereocenters. The van der Waals surface area contributed by atoms with Gasteiger partial charge in [-0.2, -0.15) is 0 Å². The minimum atomic E-state index is -0.787. The van der Waals surface area contributed by atoms with Gasteiger partial charge < -0.3 is 19.7 Å². The number of carbonyl (C=O) groups is 2. The molecule has 2 amide bonds. The number of allylic oxidation sites excluding steroid dienone is 1. The van der Waals surface area contributed by atoms with Crippen molar-refractivity contribution in [3.8, 4) is 0 Å². The number of nitrogens with zero attached hydrogens (tertiary/aromatic N) is 1. The molecule has 0 saturated carbocycles. The fourth-order valence-electron chi connectivity index (χ4n) is 2.40. The van der Waals surface area contributed by atoms with Crippen LogP contribution >= 0.6 is 23.2 Å². The van der Waals surface area contributed by atoms with Gasteiger partial charge in [0.05, 0.1) is 18.2 Å². The third-order valence-corrected chi connectivity index (χ3v) is 4.44. The highest BCUT2D eigenvalue weighted by Gasteiger charge is 2.36. The maximum atomic E-state index is 12.5. The second-order valence-electron chi connectivity index (χ2n) is 5.20. The van der Waals surface area contributed by atoms with Gasteiger partial charge in [0.25, 0.3) is 0 Å². The summed E-state index contributed by atoms with van der Waals surface area (Å²) in [6.07, 6.45) is 0. The topological polar surface area (TPSA) is 67.9 Å². The minimum absolute atomic E-state index is 0.104. The lowest BCUT2D eigenvalue weighted by atomic mass is 9.95. The van der Waals surface area contributed by atoms with E-state index in [1.54, 1.807) is 32.2 Å². The Morgan fingerprint density at radius 1 is 1.29 bits per heavy atom. The molecule has 8 heteroatoms. The molecular weight excluding hydrogens is 355 g/mol. The number of urea groups is 1. The summed E-state index contributed by atoms with van der Waals surface area (Å²) in [6.45, 7) is 2.05. The first-order valence-electron chi connectivity index (χ1n) is 7.23. The molecule has 0 spiro atoms. The number of nitrogens with one attached hydrogen (secondary N) is 1. The summed E-state index contributed by atoms with van der Waals surface area (Å²) in [5.74, 6) is -0.558. The van der Waals surface area contributed by atoms with Crippen LogP contribution in [-0.4, -0.2) is 44.3 Å². The van der Waals surface area contributed by atoms with Gasteiger partial charge >= 0.3 is 12.0 Å². The van der Waals surface area contributed by atoms with Gasteiger partial charge in [-0.1, -0.05) is 29.3 Å². The van der Waals surface area contributed by atoms with Crippen LogP contribution in [0, 0.1) is 0 Å². The Morgan fingerprint density at radius 2 is 1.92 bits per heavy atom. The standard InChI is InChI=1S/C16H18Cl2N2O4/c1-9-12(15(21)24-8-7-23-3)14(19-16(22)20(9)2)13-10(17)5-4-6-11(13)18/h4-6,14H,7-8H2,1-3H3,(H,19,22). The molecule has 1 aliphatic heterocycles. The first kappa shape index (κ1) is 18.6. The predicted molar refractivity (Wildman–Crippen MR) is 91.0 cm³/mol. The van der Waals surface area contributed by atoms with Crippen LogP contribution in [0.3, 0.4) is 0 Å². The Morgan fingerprint density at radius 3 is 2.50 bits per heavy atom. The Kier molecular flexibility index (Phi) is 6.10. The minimum Gasteiger partial charge on any atom is -0.460 e. The molecule has 0 radical (unpaired) electrons. The van der Waals surface area contributed by atoms with Crippen molar-refractivity contribution in [2.45, 2.75) is 13.0 Å². The van der Waals surface area contributed by atoms with Gasteiger partial charge in [0.2, 0.25) is 0 Å². The lowest BCUT2D eigenvalue weighted by molar-refractivity contribution is -0.140. The van der Waals surface area contributed by atoms with Crippen molar-refractivity contribution in [1.82, 2.24) is 10.2 Å². The third kappa shape index (κ3) is 3.66. The predicted octanol–water partition coefficient (Wildman–Crippen LogP) is 3.15. The fraction of sp³-hybridized carbons (Fsp3) is 0.375. The molecule has 1 aromatic rings. The molecule has 0 bridgehead atoms. The van der Waals surface area contributed by atoms with Crippen LogP contribution < -0.4 is 5.32 Å². The quantitative estimate of drug-likeness (QED) is 0.636. The van der Waals surface area contributed by atoms with Crippen LogP contribution in [-0.2, 0) is 14.3 Å². The Balaban J connectivity index is 2.47. The number of rotatable bonds is 5. The van der Waals surface area contributed by atoms with E-state index >= 15 is 0 Å². The van der Waals surface area contributed by atoms with Crippen molar-refractivity contribution in [2.75, 3.05) is 27.4 Å². The van der Waals surface area contributed by atoms with Crippen molar-refractivity contribution in [2.24, 2.45) is 0 Å². The smallest absolute Gasteiger partial charge is 0.338 e. The van der Waals surface area contributed by atoms with Gasteiger partial charge in [-0.15, -0.1) is 0 Å². The number of hydrogen-bond donors (Lipinski definition) is 1. The number of halogens is 2. The van der Waals surface area contributed by atoms with Crippen molar-refractivity contribution in [1.29, 1.82) is 0 Å². The highest BCUT2D eigenvalue weighted by atomic mass is 35.5. The summed E-state index contributed by atoms with van der Waals surface area (Å²) in [4.78, 5) is 26.0.